The van der Waals surface area contributed by atoms with E-state index in [0.717, 1.165) is 21.7 Å². The molecule has 1 fully saturated rings. The molecule has 0 radical (unpaired) electrons. The van der Waals surface area contributed by atoms with Crippen LogP contribution in [0.5, 0.6) is 0 Å². The van der Waals surface area contributed by atoms with Crippen molar-refractivity contribution < 1.29 is 4.79 Å². The zero-order chi connectivity index (χ0) is 24.0. The normalized spacial score (nSPS) is 14.7. The number of nitrogens with one attached hydrogen (secondary N) is 3. The number of pyridine rings is 1. The van der Waals surface area contributed by atoms with Gasteiger partial charge in [-0.3, -0.25) is 9.71 Å². The van der Waals surface area contributed by atoms with Gasteiger partial charge in [-0.2, -0.15) is 0 Å². The van der Waals surface area contributed by atoms with Crippen LogP contribution < -0.4 is 15.4 Å². The van der Waals surface area contributed by atoms with Crippen molar-refractivity contribution in [2.75, 3.05) is 5.32 Å². The Balaban J connectivity index is 1.50. The number of carbonyl (C=O) groups excluding carboxylic acids is 1. The average Bonchev–Trinajstić information content (AvgIpc) is 3.32. The summed E-state index contributed by atoms with van der Waals surface area (Å²) < 4.78 is 3.51. The monoisotopic (exact) mass is 495 g/mol. The maximum atomic E-state index is 12.5. The van der Waals surface area contributed by atoms with Crippen molar-refractivity contribution in [1.29, 1.82) is 0 Å². The zero-order valence-corrected chi connectivity index (χ0v) is 21.7. The third kappa shape index (κ3) is 7.04. The zero-order valence-electron chi connectivity index (χ0n) is 20.1. The van der Waals surface area contributed by atoms with Crippen molar-refractivity contribution in [3.8, 4) is 10.4 Å². The topological polar surface area (TPSA) is 78.9 Å². The summed E-state index contributed by atoms with van der Waals surface area (Å²) in [6.07, 6.45) is 11.9. The van der Waals surface area contributed by atoms with E-state index in [1.807, 2.05) is 41.8 Å². The second-order valence-electron chi connectivity index (χ2n) is 9.73. The van der Waals surface area contributed by atoms with Gasteiger partial charge in [0, 0.05) is 52.7 Å². The quantitative estimate of drug-likeness (QED) is 0.309. The van der Waals surface area contributed by atoms with Crippen LogP contribution in [0.3, 0.4) is 0 Å². The molecule has 8 heteroatoms. The van der Waals surface area contributed by atoms with E-state index in [4.69, 9.17) is 4.98 Å². The van der Waals surface area contributed by atoms with Gasteiger partial charge in [0.05, 0.1) is 9.88 Å². The van der Waals surface area contributed by atoms with Crippen LogP contribution in [0.2, 0.25) is 0 Å². The summed E-state index contributed by atoms with van der Waals surface area (Å²) in [7, 11) is 0. The van der Waals surface area contributed by atoms with Crippen LogP contribution in [0.25, 0.3) is 10.4 Å². The minimum Gasteiger partial charge on any atom is -0.334 e. The fourth-order valence-electron chi connectivity index (χ4n) is 3.91. The van der Waals surface area contributed by atoms with Gasteiger partial charge in [-0.1, -0.05) is 31.4 Å². The lowest BCUT2D eigenvalue weighted by molar-refractivity contribution is 0.251. The Morgan fingerprint density at radius 2 is 1.97 bits per heavy atom. The molecule has 0 unspecified atom stereocenters. The molecule has 1 saturated carbocycles. The third-order valence-corrected chi connectivity index (χ3v) is 8.09. The maximum Gasteiger partial charge on any atom is 0.319 e. The summed E-state index contributed by atoms with van der Waals surface area (Å²) in [6.45, 7) is 6.85. The lowest BCUT2D eigenvalue weighted by Gasteiger charge is -2.21. The van der Waals surface area contributed by atoms with Gasteiger partial charge in [-0.05, 0) is 69.3 Å². The van der Waals surface area contributed by atoms with E-state index in [0.29, 0.717) is 12.5 Å². The lowest BCUT2D eigenvalue weighted by atomic mass is 9.90. The van der Waals surface area contributed by atoms with E-state index >= 15 is 0 Å². The van der Waals surface area contributed by atoms with E-state index in [1.54, 1.807) is 24.3 Å². The van der Waals surface area contributed by atoms with Crippen LogP contribution in [-0.2, 0) is 6.54 Å². The molecule has 34 heavy (non-hydrogen) atoms. The Morgan fingerprint density at radius 1 is 1.15 bits per heavy atom. The molecule has 0 atom stereocenters. The molecular weight excluding hydrogens is 462 g/mol. The van der Waals surface area contributed by atoms with E-state index in [2.05, 4.69) is 47.2 Å². The van der Waals surface area contributed by atoms with Gasteiger partial charge in [0.25, 0.3) is 0 Å². The molecule has 1 aromatic carbocycles. The van der Waals surface area contributed by atoms with Crippen LogP contribution in [0.1, 0.15) is 69.4 Å². The van der Waals surface area contributed by atoms with Gasteiger partial charge in [-0.25, -0.2) is 9.78 Å². The standard InChI is InChI=1S/C26H33N5OS2/c1-26(2,3)31-34-22-14-20(30-25(32)29-16-18-8-7-13-27-15-18)11-12-21(22)23-17-28-24(33-23)19-9-5-4-6-10-19/h7-8,11-15,17,19,31H,4-6,9-10,16H2,1-3H3,(H2,29,30,32). The minimum absolute atomic E-state index is 0.0482. The molecule has 1 aliphatic carbocycles. The number of hydrogen-bond donors (Lipinski definition) is 3. The molecule has 0 saturated heterocycles. The Morgan fingerprint density at radius 3 is 2.71 bits per heavy atom. The fraction of sp³-hybridized carbons (Fsp3) is 0.423. The summed E-state index contributed by atoms with van der Waals surface area (Å²) in [5.74, 6) is 0.598. The first kappa shape index (κ1) is 24.7. The Hall–Kier alpha value is -2.42. The van der Waals surface area contributed by atoms with Crippen LogP contribution >= 0.6 is 23.3 Å². The molecule has 2 amide bonds. The predicted molar refractivity (Wildman–Crippen MR) is 142 cm³/mol. The molecule has 2 heterocycles. The van der Waals surface area contributed by atoms with E-state index in [1.165, 1.54) is 42.0 Å². The van der Waals surface area contributed by atoms with Gasteiger partial charge in [0.1, 0.15) is 0 Å². The first-order valence-corrected chi connectivity index (χ1v) is 13.5. The molecular formula is C26H33N5OS2. The number of urea groups is 1. The Labute approximate surface area is 210 Å². The highest BCUT2D eigenvalue weighted by Gasteiger charge is 2.20. The number of thiazole rings is 1. The number of nitrogens with zero attached hydrogens (tertiary/aromatic N) is 2. The van der Waals surface area contributed by atoms with E-state index in [9.17, 15) is 4.79 Å². The van der Waals surface area contributed by atoms with Crippen LogP contribution in [-0.4, -0.2) is 21.5 Å². The average molecular weight is 496 g/mol. The van der Waals surface area contributed by atoms with Crippen LogP contribution in [0.4, 0.5) is 10.5 Å². The first-order valence-electron chi connectivity index (χ1n) is 11.9. The van der Waals surface area contributed by atoms with Gasteiger partial charge in [0.2, 0.25) is 0 Å². The Kier molecular flexibility index (Phi) is 8.24. The van der Waals surface area contributed by atoms with Crippen molar-refractivity contribution in [2.24, 2.45) is 0 Å². The molecule has 6 nitrogen and oxygen atoms in total. The summed E-state index contributed by atoms with van der Waals surface area (Å²) >= 11 is 3.40. The molecule has 1 aliphatic rings. The van der Waals surface area contributed by atoms with Gasteiger partial charge >= 0.3 is 6.03 Å². The number of hydrogen-bond acceptors (Lipinski definition) is 6. The van der Waals surface area contributed by atoms with Crippen LogP contribution in [0, 0.1) is 0 Å². The highest BCUT2D eigenvalue weighted by atomic mass is 32.2. The largest absolute Gasteiger partial charge is 0.334 e. The van der Waals surface area contributed by atoms with Crippen molar-refractivity contribution in [2.45, 2.75) is 75.8 Å². The highest BCUT2D eigenvalue weighted by Crippen LogP contribution is 2.40. The number of anilines is 1. The summed E-state index contributed by atoms with van der Waals surface area (Å²) in [4.78, 5) is 23.6. The summed E-state index contributed by atoms with van der Waals surface area (Å²) in [6, 6.07) is 9.63. The molecule has 3 N–H and O–H groups in total. The Bertz CT molecular complexity index is 1090. The molecule has 4 rings (SSSR count). The molecule has 3 aromatic rings. The predicted octanol–water partition coefficient (Wildman–Crippen LogP) is 6.97. The van der Waals surface area contributed by atoms with Crippen molar-refractivity contribution in [1.82, 2.24) is 20.0 Å². The molecule has 0 spiro atoms. The smallest absolute Gasteiger partial charge is 0.319 e. The van der Waals surface area contributed by atoms with E-state index in [-0.39, 0.29) is 11.6 Å². The number of benzene rings is 1. The minimum atomic E-state index is -0.242. The number of amides is 2. The van der Waals surface area contributed by atoms with Crippen molar-refractivity contribution in [3.05, 3.63) is 59.5 Å². The lowest BCUT2D eigenvalue weighted by Crippen LogP contribution is -2.30. The van der Waals surface area contributed by atoms with Gasteiger partial charge in [0.15, 0.2) is 0 Å². The number of aromatic nitrogens is 2. The molecule has 180 valence electrons. The molecule has 0 aliphatic heterocycles. The van der Waals surface area contributed by atoms with Crippen LogP contribution in [0.15, 0.2) is 53.8 Å². The maximum absolute atomic E-state index is 12.5. The third-order valence-electron chi connectivity index (χ3n) is 5.63. The fourth-order valence-corrected chi connectivity index (χ4v) is 5.99. The molecule has 0 bridgehead atoms. The van der Waals surface area contributed by atoms with Crippen molar-refractivity contribution in [3.63, 3.8) is 0 Å². The molecule has 2 aromatic heterocycles. The number of carbonyl (C=O) groups is 1. The number of rotatable bonds is 7. The van der Waals surface area contributed by atoms with Crippen molar-refractivity contribution >= 4 is 35.0 Å². The second-order valence-corrected chi connectivity index (χ2v) is 11.6. The van der Waals surface area contributed by atoms with Gasteiger partial charge < -0.3 is 10.6 Å². The van der Waals surface area contributed by atoms with E-state index < -0.39 is 0 Å². The second kappa shape index (κ2) is 11.3. The first-order chi connectivity index (χ1) is 16.4. The highest BCUT2D eigenvalue weighted by molar-refractivity contribution is 7.97. The SMILES string of the molecule is CC(C)(C)NSc1cc(NC(=O)NCc2cccnc2)ccc1-c1cnc(C2CCCCC2)s1. The summed E-state index contributed by atoms with van der Waals surface area (Å²) in [5.41, 5.74) is 2.80. The van der Waals surface area contributed by atoms with Gasteiger partial charge in [-0.15, -0.1) is 11.3 Å². The summed E-state index contributed by atoms with van der Waals surface area (Å²) in [5, 5.41) is 7.11.